The summed E-state index contributed by atoms with van der Waals surface area (Å²) >= 11 is 0. The SMILES string of the molecule is Cc1ccc(CN2CCNC(=O)C2CC(=O)N2CCC3(CC2)COC(=O)O3)o1. The van der Waals surface area contributed by atoms with Crippen LogP contribution in [0.3, 0.4) is 0 Å². The molecule has 4 rings (SSSR count). The van der Waals surface area contributed by atoms with E-state index in [1.54, 1.807) is 4.90 Å². The molecule has 1 aromatic heterocycles. The molecule has 0 radical (unpaired) electrons. The highest BCUT2D eigenvalue weighted by molar-refractivity contribution is 5.89. The summed E-state index contributed by atoms with van der Waals surface area (Å²) in [5, 5.41) is 2.85. The van der Waals surface area contributed by atoms with Gasteiger partial charge in [0.25, 0.3) is 0 Å². The van der Waals surface area contributed by atoms with Gasteiger partial charge >= 0.3 is 6.16 Å². The predicted octanol–water partition coefficient (Wildman–Crippen LogP) is 0.807. The maximum absolute atomic E-state index is 12.8. The van der Waals surface area contributed by atoms with Crippen molar-refractivity contribution in [3.63, 3.8) is 0 Å². The quantitative estimate of drug-likeness (QED) is 0.758. The molecule has 9 nitrogen and oxygen atoms in total. The molecule has 0 aliphatic carbocycles. The normalized spacial score (nSPS) is 24.8. The Hall–Kier alpha value is -2.55. The molecule has 3 aliphatic rings. The summed E-state index contributed by atoms with van der Waals surface area (Å²) in [6, 6.07) is 3.27. The largest absolute Gasteiger partial charge is 0.509 e. The fourth-order valence-corrected chi connectivity index (χ4v) is 4.07. The number of cyclic esters (lactones) is 1. The first-order valence-electron chi connectivity index (χ1n) is 9.65. The standard InChI is InChI=1S/C19H25N3O6/c1-13-2-3-14(27-13)11-22-9-6-20-17(24)15(22)10-16(23)21-7-4-19(5-8-21)12-26-18(25)28-19/h2-3,15H,4-12H2,1H3,(H,20,24). The molecule has 152 valence electrons. The average Bonchev–Trinajstić information content (AvgIpc) is 3.24. The van der Waals surface area contributed by atoms with E-state index in [1.807, 2.05) is 24.0 Å². The third kappa shape index (κ3) is 3.84. The van der Waals surface area contributed by atoms with Gasteiger partial charge in [0.15, 0.2) is 5.60 Å². The van der Waals surface area contributed by atoms with Crippen molar-refractivity contribution in [2.45, 2.75) is 44.4 Å². The minimum atomic E-state index is -0.637. The lowest BCUT2D eigenvalue weighted by Gasteiger charge is -2.38. The van der Waals surface area contributed by atoms with Crippen LogP contribution in [0.15, 0.2) is 16.5 Å². The number of hydrogen-bond acceptors (Lipinski definition) is 7. The van der Waals surface area contributed by atoms with Crippen LogP contribution in [-0.4, -0.2) is 72.2 Å². The molecule has 1 unspecified atom stereocenters. The van der Waals surface area contributed by atoms with E-state index >= 15 is 0 Å². The van der Waals surface area contributed by atoms with E-state index in [0.29, 0.717) is 45.6 Å². The topological polar surface area (TPSA) is 101 Å². The number of furan rings is 1. The first kappa shape index (κ1) is 18.8. The summed E-state index contributed by atoms with van der Waals surface area (Å²) in [6.45, 7) is 4.82. The summed E-state index contributed by atoms with van der Waals surface area (Å²) in [5.74, 6) is 1.41. The molecule has 1 spiro atoms. The van der Waals surface area contributed by atoms with Crippen LogP contribution in [0.25, 0.3) is 0 Å². The summed E-state index contributed by atoms with van der Waals surface area (Å²) in [7, 11) is 0. The second-order valence-corrected chi connectivity index (χ2v) is 7.70. The molecular weight excluding hydrogens is 366 g/mol. The fourth-order valence-electron chi connectivity index (χ4n) is 4.07. The molecule has 3 saturated heterocycles. The van der Waals surface area contributed by atoms with E-state index in [2.05, 4.69) is 5.32 Å². The van der Waals surface area contributed by atoms with Crippen molar-refractivity contribution in [1.82, 2.24) is 15.1 Å². The van der Waals surface area contributed by atoms with Crippen LogP contribution in [-0.2, 0) is 25.6 Å². The van der Waals surface area contributed by atoms with E-state index in [4.69, 9.17) is 13.9 Å². The van der Waals surface area contributed by atoms with Crippen molar-refractivity contribution < 1.29 is 28.3 Å². The van der Waals surface area contributed by atoms with Gasteiger partial charge < -0.3 is 24.1 Å². The van der Waals surface area contributed by atoms with Crippen LogP contribution in [0.2, 0.25) is 0 Å². The Bertz CT molecular complexity index is 767. The van der Waals surface area contributed by atoms with Gasteiger partial charge in [0.1, 0.15) is 18.1 Å². The minimum absolute atomic E-state index is 0.0669. The highest BCUT2D eigenvalue weighted by atomic mass is 16.8. The highest BCUT2D eigenvalue weighted by Gasteiger charge is 2.45. The Morgan fingerprint density at radius 2 is 2.04 bits per heavy atom. The smallest absolute Gasteiger partial charge is 0.465 e. The van der Waals surface area contributed by atoms with Crippen LogP contribution < -0.4 is 5.32 Å². The molecule has 0 bridgehead atoms. The van der Waals surface area contributed by atoms with Crippen molar-refractivity contribution in [2.75, 3.05) is 32.8 Å². The van der Waals surface area contributed by atoms with Gasteiger partial charge in [-0.2, -0.15) is 0 Å². The number of piperazine rings is 1. The van der Waals surface area contributed by atoms with E-state index in [1.165, 1.54) is 0 Å². The van der Waals surface area contributed by atoms with E-state index in [0.717, 1.165) is 11.5 Å². The first-order valence-corrected chi connectivity index (χ1v) is 9.65. The summed E-state index contributed by atoms with van der Waals surface area (Å²) < 4.78 is 15.8. The molecule has 1 atom stereocenters. The number of likely N-dealkylation sites (tertiary alicyclic amines) is 1. The monoisotopic (exact) mass is 391 g/mol. The zero-order valence-electron chi connectivity index (χ0n) is 15.9. The van der Waals surface area contributed by atoms with Gasteiger partial charge in [-0.1, -0.05) is 0 Å². The molecule has 9 heteroatoms. The number of hydrogen-bond donors (Lipinski definition) is 1. The molecule has 3 fully saturated rings. The lowest BCUT2D eigenvalue weighted by Crippen LogP contribution is -2.57. The van der Waals surface area contributed by atoms with E-state index < -0.39 is 17.8 Å². The molecule has 4 heterocycles. The van der Waals surface area contributed by atoms with Gasteiger partial charge in [0.05, 0.1) is 19.0 Å². The zero-order valence-corrected chi connectivity index (χ0v) is 15.9. The number of amides is 2. The number of nitrogens with zero attached hydrogens (tertiary/aromatic N) is 2. The fraction of sp³-hybridized carbons (Fsp3) is 0.632. The van der Waals surface area contributed by atoms with Crippen LogP contribution in [0.4, 0.5) is 4.79 Å². The first-order chi connectivity index (χ1) is 13.4. The number of piperidine rings is 1. The third-order valence-electron chi connectivity index (χ3n) is 5.74. The third-order valence-corrected chi connectivity index (χ3v) is 5.74. The zero-order chi connectivity index (χ0) is 19.7. The molecule has 0 aromatic carbocycles. The number of carbonyl (C=O) groups is 3. The number of rotatable bonds is 4. The van der Waals surface area contributed by atoms with Gasteiger partial charge in [0.2, 0.25) is 11.8 Å². The van der Waals surface area contributed by atoms with Gasteiger partial charge in [-0.3, -0.25) is 14.5 Å². The Balaban J connectivity index is 1.36. The van der Waals surface area contributed by atoms with E-state index in [-0.39, 0.29) is 24.8 Å². The van der Waals surface area contributed by atoms with Crippen LogP contribution >= 0.6 is 0 Å². The Morgan fingerprint density at radius 3 is 2.68 bits per heavy atom. The lowest BCUT2D eigenvalue weighted by atomic mass is 9.92. The van der Waals surface area contributed by atoms with E-state index in [9.17, 15) is 14.4 Å². The Morgan fingerprint density at radius 1 is 1.25 bits per heavy atom. The number of nitrogens with one attached hydrogen (secondary N) is 1. The Labute approximate surface area is 162 Å². The maximum Gasteiger partial charge on any atom is 0.509 e. The van der Waals surface area contributed by atoms with Crippen LogP contribution in [0, 0.1) is 6.92 Å². The van der Waals surface area contributed by atoms with Gasteiger partial charge in [0, 0.05) is 39.0 Å². The van der Waals surface area contributed by atoms with Crippen molar-refractivity contribution >= 4 is 18.0 Å². The molecule has 28 heavy (non-hydrogen) atoms. The highest BCUT2D eigenvalue weighted by Crippen LogP contribution is 2.32. The summed E-state index contributed by atoms with van der Waals surface area (Å²) in [5.41, 5.74) is -0.598. The van der Waals surface area contributed by atoms with Crippen molar-refractivity contribution in [3.8, 4) is 0 Å². The molecule has 2 amide bonds. The minimum Gasteiger partial charge on any atom is -0.465 e. The molecular formula is C19H25N3O6. The molecule has 1 N–H and O–H groups in total. The lowest BCUT2D eigenvalue weighted by molar-refractivity contribution is -0.141. The second-order valence-electron chi connectivity index (χ2n) is 7.70. The van der Waals surface area contributed by atoms with Crippen LogP contribution in [0.1, 0.15) is 30.8 Å². The molecule has 0 saturated carbocycles. The van der Waals surface area contributed by atoms with Crippen molar-refractivity contribution in [2.24, 2.45) is 0 Å². The molecule has 3 aliphatic heterocycles. The number of carbonyl (C=O) groups excluding carboxylic acids is 3. The summed E-state index contributed by atoms with van der Waals surface area (Å²) in [6.07, 6.45) is 0.588. The average molecular weight is 391 g/mol. The summed E-state index contributed by atoms with van der Waals surface area (Å²) in [4.78, 5) is 40.2. The van der Waals surface area contributed by atoms with Crippen LogP contribution in [0.5, 0.6) is 0 Å². The predicted molar refractivity (Wildman–Crippen MR) is 96.2 cm³/mol. The Kier molecular flexibility index (Phi) is 5.01. The number of aryl methyl sites for hydroxylation is 1. The number of ether oxygens (including phenoxy) is 2. The van der Waals surface area contributed by atoms with Gasteiger partial charge in [-0.15, -0.1) is 0 Å². The maximum atomic E-state index is 12.8. The second kappa shape index (κ2) is 7.46. The molecule has 1 aromatic rings. The van der Waals surface area contributed by atoms with Gasteiger partial charge in [-0.25, -0.2) is 4.79 Å². The van der Waals surface area contributed by atoms with Gasteiger partial charge in [-0.05, 0) is 19.1 Å². The van der Waals surface area contributed by atoms with Crippen molar-refractivity contribution in [1.29, 1.82) is 0 Å². The van der Waals surface area contributed by atoms with Crippen molar-refractivity contribution in [3.05, 3.63) is 23.7 Å².